The minimum Gasteiger partial charge on any atom is -0.258 e. The van der Waals surface area contributed by atoms with Gasteiger partial charge in [0, 0.05) is 9.86 Å². The molecule has 1 heterocycles. The molecule has 19 heavy (non-hydrogen) atoms. The van der Waals surface area contributed by atoms with E-state index in [-0.39, 0.29) is 16.6 Å². The molecule has 0 spiro atoms. The summed E-state index contributed by atoms with van der Waals surface area (Å²) >= 11 is 9.53. The smallest absolute Gasteiger partial charge is 0.258 e. The van der Waals surface area contributed by atoms with Crippen LogP contribution in [0.15, 0.2) is 22.7 Å². The number of aromatic nitrogens is 1. The van der Waals surface area contributed by atoms with E-state index in [0.29, 0.717) is 23.0 Å². The molecule has 0 aliphatic heterocycles. The van der Waals surface area contributed by atoms with E-state index in [4.69, 9.17) is 11.6 Å². The number of hydrogen-bond acceptors (Lipinski definition) is 3. The van der Waals surface area contributed by atoms with Crippen LogP contribution in [-0.2, 0) is 6.42 Å². The molecule has 0 aliphatic rings. The lowest BCUT2D eigenvalue weighted by molar-refractivity contribution is -0.385. The van der Waals surface area contributed by atoms with E-state index in [2.05, 4.69) is 20.9 Å². The maximum Gasteiger partial charge on any atom is 0.309 e. The predicted molar refractivity (Wildman–Crippen MR) is 79.6 cm³/mol. The van der Waals surface area contributed by atoms with Crippen molar-refractivity contribution in [2.45, 2.75) is 20.3 Å². The monoisotopic (exact) mass is 342 g/mol. The molecule has 0 atom stereocenters. The number of halogens is 2. The highest BCUT2D eigenvalue weighted by molar-refractivity contribution is 9.10. The maximum absolute atomic E-state index is 11.2. The molecule has 6 heteroatoms. The summed E-state index contributed by atoms with van der Waals surface area (Å²) < 4.78 is 0.814. The summed E-state index contributed by atoms with van der Waals surface area (Å²) in [6, 6.07) is 5.40. The van der Waals surface area contributed by atoms with E-state index >= 15 is 0 Å². The molecular weight excluding hydrogens is 332 g/mol. The van der Waals surface area contributed by atoms with Crippen LogP contribution in [-0.4, -0.2) is 9.91 Å². The number of nitrogens with zero attached hydrogens (tertiary/aromatic N) is 2. The normalized spacial score (nSPS) is 11.2. The second kappa shape index (κ2) is 5.43. The summed E-state index contributed by atoms with van der Waals surface area (Å²) in [4.78, 5) is 15.2. The second-order valence-electron chi connectivity index (χ2n) is 4.74. The second-order valence-corrected chi connectivity index (χ2v) is 6.03. The Morgan fingerprint density at radius 1 is 1.47 bits per heavy atom. The van der Waals surface area contributed by atoms with Crippen LogP contribution in [0, 0.1) is 16.0 Å². The van der Waals surface area contributed by atoms with Crippen LogP contribution >= 0.6 is 27.5 Å². The first-order valence-corrected chi connectivity index (χ1v) is 6.99. The highest BCUT2D eigenvalue weighted by Crippen LogP contribution is 2.36. The molecule has 0 amide bonds. The summed E-state index contributed by atoms with van der Waals surface area (Å²) in [5, 5.41) is 12.0. The predicted octanol–water partition coefficient (Wildman–Crippen LogP) is 4.76. The van der Waals surface area contributed by atoms with Crippen LogP contribution in [0.4, 0.5) is 5.69 Å². The summed E-state index contributed by atoms with van der Waals surface area (Å²) in [6.07, 6.45) is 0.530. The zero-order valence-electron chi connectivity index (χ0n) is 10.5. The van der Waals surface area contributed by atoms with Gasteiger partial charge in [0.25, 0.3) is 0 Å². The van der Waals surface area contributed by atoms with Crippen LogP contribution in [0.3, 0.4) is 0 Å². The van der Waals surface area contributed by atoms with Crippen molar-refractivity contribution in [2.75, 3.05) is 0 Å². The Bertz CT molecular complexity index is 659. The van der Waals surface area contributed by atoms with Crippen molar-refractivity contribution in [1.29, 1.82) is 0 Å². The molecule has 1 aromatic carbocycles. The highest BCUT2D eigenvalue weighted by Gasteiger charge is 2.24. The molecule has 0 saturated heterocycles. The maximum atomic E-state index is 11.2. The van der Waals surface area contributed by atoms with Gasteiger partial charge >= 0.3 is 5.69 Å². The standard InChI is InChI=1S/C13H12BrClN2O2/c1-7(2)5-11-13(17(18)19)12(15)9-6-8(14)3-4-10(9)16-11/h3-4,6-7H,5H2,1-2H3. The van der Waals surface area contributed by atoms with Gasteiger partial charge in [0.05, 0.1) is 10.4 Å². The Labute approximate surface area is 124 Å². The van der Waals surface area contributed by atoms with Gasteiger partial charge in [-0.15, -0.1) is 0 Å². The fraction of sp³-hybridized carbons (Fsp3) is 0.308. The van der Waals surface area contributed by atoms with Crippen LogP contribution in [0.25, 0.3) is 10.9 Å². The molecule has 0 aliphatic carbocycles. The summed E-state index contributed by atoms with van der Waals surface area (Å²) in [7, 11) is 0. The number of nitro groups is 1. The number of benzene rings is 1. The molecular formula is C13H12BrClN2O2. The summed E-state index contributed by atoms with van der Waals surface area (Å²) in [6.45, 7) is 3.98. The van der Waals surface area contributed by atoms with E-state index in [1.165, 1.54) is 0 Å². The molecule has 0 N–H and O–H groups in total. The molecule has 1 aromatic heterocycles. The van der Waals surface area contributed by atoms with Gasteiger partial charge in [0.15, 0.2) is 0 Å². The van der Waals surface area contributed by atoms with Gasteiger partial charge < -0.3 is 0 Å². The van der Waals surface area contributed by atoms with E-state index in [1.54, 1.807) is 12.1 Å². The average molecular weight is 344 g/mol. The van der Waals surface area contributed by atoms with Gasteiger partial charge in [0.2, 0.25) is 0 Å². The van der Waals surface area contributed by atoms with Crippen molar-refractivity contribution in [2.24, 2.45) is 5.92 Å². The lowest BCUT2D eigenvalue weighted by Crippen LogP contribution is -2.04. The highest BCUT2D eigenvalue weighted by atomic mass is 79.9. The molecule has 100 valence electrons. The molecule has 2 aromatic rings. The quantitative estimate of drug-likeness (QED) is 0.596. The van der Waals surface area contributed by atoms with Crippen LogP contribution < -0.4 is 0 Å². The topological polar surface area (TPSA) is 56.0 Å². The minimum absolute atomic E-state index is 0.0824. The van der Waals surface area contributed by atoms with Gasteiger partial charge in [-0.05, 0) is 30.5 Å². The Kier molecular flexibility index (Phi) is 4.06. The number of hydrogen-bond donors (Lipinski definition) is 0. The Morgan fingerprint density at radius 2 is 2.16 bits per heavy atom. The van der Waals surface area contributed by atoms with Crippen LogP contribution in [0.2, 0.25) is 5.02 Å². The van der Waals surface area contributed by atoms with Gasteiger partial charge in [0.1, 0.15) is 10.7 Å². The molecule has 0 radical (unpaired) electrons. The van der Waals surface area contributed by atoms with Gasteiger partial charge in [-0.25, -0.2) is 4.98 Å². The molecule has 0 fully saturated rings. The Balaban J connectivity index is 2.77. The first-order chi connectivity index (χ1) is 8.90. The van der Waals surface area contributed by atoms with Crippen molar-refractivity contribution in [3.05, 3.63) is 43.5 Å². The molecule has 0 saturated carbocycles. The lowest BCUT2D eigenvalue weighted by Gasteiger charge is -2.09. The average Bonchev–Trinajstić information content (AvgIpc) is 2.29. The summed E-state index contributed by atoms with van der Waals surface area (Å²) in [5.41, 5.74) is 1.04. The van der Waals surface area contributed by atoms with Crippen LogP contribution in [0.5, 0.6) is 0 Å². The fourth-order valence-corrected chi connectivity index (χ4v) is 2.64. The van der Waals surface area contributed by atoms with E-state index in [1.807, 2.05) is 19.9 Å². The van der Waals surface area contributed by atoms with Gasteiger partial charge in [-0.3, -0.25) is 10.1 Å². The molecule has 4 nitrogen and oxygen atoms in total. The Morgan fingerprint density at radius 3 is 2.74 bits per heavy atom. The fourth-order valence-electron chi connectivity index (χ4n) is 1.95. The van der Waals surface area contributed by atoms with E-state index < -0.39 is 4.92 Å². The molecule has 0 unspecified atom stereocenters. The van der Waals surface area contributed by atoms with Crippen molar-refractivity contribution in [1.82, 2.24) is 4.98 Å². The van der Waals surface area contributed by atoms with E-state index in [0.717, 1.165) is 4.47 Å². The van der Waals surface area contributed by atoms with Crippen molar-refractivity contribution >= 4 is 44.1 Å². The number of rotatable bonds is 3. The van der Waals surface area contributed by atoms with Crippen molar-refractivity contribution in [3.8, 4) is 0 Å². The van der Waals surface area contributed by atoms with E-state index in [9.17, 15) is 10.1 Å². The zero-order chi connectivity index (χ0) is 14.2. The first-order valence-electron chi connectivity index (χ1n) is 5.82. The first kappa shape index (κ1) is 14.2. The number of pyridine rings is 1. The third-order valence-corrected chi connectivity index (χ3v) is 3.59. The van der Waals surface area contributed by atoms with Gasteiger partial charge in [-0.2, -0.15) is 0 Å². The SMILES string of the molecule is CC(C)Cc1nc2ccc(Br)cc2c(Cl)c1[N+](=O)[O-]. The minimum atomic E-state index is -0.451. The zero-order valence-corrected chi connectivity index (χ0v) is 12.8. The Hall–Kier alpha value is -1.20. The third-order valence-electron chi connectivity index (χ3n) is 2.72. The molecule has 2 rings (SSSR count). The van der Waals surface area contributed by atoms with Crippen LogP contribution in [0.1, 0.15) is 19.5 Å². The lowest BCUT2D eigenvalue weighted by atomic mass is 10.0. The van der Waals surface area contributed by atoms with Crippen molar-refractivity contribution in [3.63, 3.8) is 0 Å². The molecule has 0 bridgehead atoms. The van der Waals surface area contributed by atoms with Crippen molar-refractivity contribution < 1.29 is 4.92 Å². The largest absolute Gasteiger partial charge is 0.309 e. The van der Waals surface area contributed by atoms with Gasteiger partial charge in [-0.1, -0.05) is 41.4 Å². The summed E-state index contributed by atoms with van der Waals surface area (Å²) in [5.74, 6) is 0.273. The third kappa shape index (κ3) is 2.87. The number of fused-ring (bicyclic) bond motifs is 1.